The molecular weight excluding hydrogens is 278 g/mol. The highest BCUT2D eigenvalue weighted by atomic mass is 32.2. The number of unbranched alkanes of at least 4 members (excludes halogenated alkanes) is 1. The van der Waals surface area contributed by atoms with Crippen LogP contribution >= 0.6 is 0 Å². The lowest BCUT2D eigenvalue weighted by Crippen LogP contribution is -2.40. The molecule has 0 bridgehead atoms. The Morgan fingerprint density at radius 1 is 1.50 bits per heavy atom. The zero-order chi connectivity index (χ0) is 14.6. The van der Waals surface area contributed by atoms with Crippen LogP contribution in [0.4, 0.5) is 0 Å². The summed E-state index contributed by atoms with van der Waals surface area (Å²) in [6.07, 6.45) is 5.30. The summed E-state index contributed by atoms with van der Waals surface area (Å²) in [5.41, 5.74) is 0. The van der Waals surface area contributed by atoms with E-state index in [0.717, 1.165) is 12.8 Å². The van der Waals surface area contributed by atoms with Gasteiger partial charge in [-0.3, -0.25) is 4.79 Å². The summed E-state index contributed by atoms with van der Waals surface area (Å²) in [6.45, 7) is 2.32. The van der Waals surface area contributed by atoms with Crippen LogP contribution in [-0.2, 0) is 21.2 Å². The van der Waals surface area contributed by atoms with Gasteiger partial charge in [0.2, 0.25) is 5.91 Å². The number of rotatable bonds is 6. The number of furan rings is 1. The lowest BCUT2D eigenvalue weighted by Gasteiger charge is -2.26. The first-order valence-electron chi connectivity index (χ1n) is 6.74. The van der Waals surface area contributed by atoms with Crippen LogP contribution < -0.4 is 0 Å². The highest BCUT2D eigenvalue weighted by Gasteiger charge is 2.30. The number of carbonyl (C=O) groups is 1. The molecule has 1 atom stereocenters. The summed E-state index contributed by atoms with van der Waals surface area (Å²) in [4.78, 5) is 13.9. The van der Waals surface area contributed by atoms with E-state index in [2.05, 4.69) is 0 Å². The molecule has 0 radical (unpaired) electrons. The normalized spacial score (nSPS) is 20.1. The molecule has 5 nitrogen and oxygen atoms in total. The van der Waals surface area contributed by atoms with Crippen LogP contribution in [-0.4, -0.2) is 31.0 Å². The van der Waals surface area contributed by atoms with Gasteiger partial charge >= 0.3 is 0 Å². The third-order valence-corrected chi connectivity index (χ3v) is 4.66. The van der Waals surface area contributed by atoms with Gasteiger partial charge in [-0.15, -0.1) is 0 Å². The quantitative estimate of drug-likeness (QED) is 0.806. The average Bonchev–Trinajstić information content (AvgIpc) is 3.02. The Morgan fingerprint density at radius 2 is 2.30 bits per heavy atom. The summed E-state index contributed by atoms with van der Waals surface area (Å²) < 4.78 is 28.3. The predicted molar refractivity (Wildman–Crippen MR) is 75.5 cm³/mol. The molecule has 2 rings (SSSR count). The summed E-state index contributed by atoms with van der Waals surface area (Å²) in [5.74, 6) is 0.591. The third kappa shape index (κ3) is 3.72. The summed E-state index contributed by atoms with van der Waals surface area (Å²) >= 11 is 0. The number of carbonyl (C=O) groups excluding carboxylic acids is 1. The first-order valence-corrected chi connectivity index (χ1v) is 8.46. The van der Waals surface area contributed by atoms with Gasteiger partial charge < -0.3 is 9.32 Å². The third-order valence-electron chi connectivity index (χ3n) is 3.28. The van der Waals surface area contributed by atoms with Gasteiger partial charge in [-0.1, -0.05) is 13.3 Å². The van der Waals surface area contributed by atoms with Crippen molar-refractivity contribution in [3.63, 3.8) is 0 Å². The van der Waals surface area contributed by atoms with Crippen molar-refractivity contribution >= 4 is 15.7 Å². The second kappa shape index (κ2) is 6.26. The topological polar surface area (TPSA) is 67.6 Å². The number of nitrogens with zero attached hydrogens (tertiary/aromatic N) is 1. The molecule has 1 aliphatic heterocycles. The number of amides is 1. The first-order chi connectivity index (χ1) is 9.52. The van der Waals surface area contributed by atoms with Gasteiger partial charge in [-0.05, 0) is 24.6 Å². The monoisotopic (exact) mass is 297 g/mol. The molecule has 0 aromatic carbocycles. The molecule has 1 aromatic rings. The van der Waals surface area contributed by atoms with Crippen LogP contribution in [0.15, 0.2) is 34.3 Å². The van der Waals surface area contributed by atoms with E-state index in [1.54, 1.807) is 29.4 Å². The molecule has 6 heteroatoms. The molecule has 1 aliphatic rings. The SMILES string of the molecule is CCCCC(=O)N(Cc1ccco1)C1C=CS(=O)(=O)C1. The van der Waals surface area contributed by atoms with Crippen molar-refractivity contribution in [1.29, 1.82) is 0 Å². The minimum Gasteiger partial charge on any atom is -0.467 e. The lowest BCUT2D eigenvalue weighted by atomic mass is 10.2. The van der Waals surface area contributed by atoms with Crippen molar-refractivity contribution in [2.75, 3.05) is 5.75 Å². The molecule has 1 aromatic heterocycles. The Balaban J connectivity index is 2.12. The fourth-order valence-electron chi connectivity index (χ4n) is 2.19. The number of hydrogen-bond acceptors (Lipinski definition) is 4. The maximum atomic E-state index is 12.3. The van der Waals surface area contributed by atoms with E-state index >= 15 is 0 Å². The van der Waals surface area contributed by atoms with Gasteiger partial charge in [0.05, 0.1) is 24.6 Å². The highest BCUT2D eigenvalue weighted by molar-refractivity contribution is 7.94. The lowest BCUT2D eigenvalue weighted by molar-refractivity contribution is -0.133. The molecule has 0 fully saturated rings. The van der Waals surface area contributed by atoms with Crippen molar-refractivity contribution in [2.24, 2.45) is 0 Å². The van der Waals surface area contributed by atoms with Crippen molar-refractivity contribution < 1.29 is 17.6 Å². The van der Waals surface area contributed by atoms with Gasteiger partial charge in [0, 0.05) is 11.8 Å². The first kappa shape index (κ1) is 14.8. The standard InChI is InChI=1S/C14H19NO4S/c1-2-3-6-14(16)15(10-13-5-4-8-19-13)12-7-9-20(17,18)11-12/h4-5,7-9,12H,2-3,6,10-11H2,1H3. The van der Waals surface area contributed by atoms with E-state index in [-0.39, 0.29) is 11.7 Å². The zero-order valence-electron chi connectivity index (χ0n) is 11.5. The van der Waals surface area contributed by atoms with E-state index < -0.39 is 15.9 Å². The highest BCUT2D eigenvalue weighted by Crippen LogP contribution is 2.19. The van der Waals surface area contributed by atoms with Crippen LogP contribution in [0.3, 0.4) is 0 Å². The van der Waals surface area contributed by atoms with Crippen molar-refractivity contribution in [2.45, 2.75) is 38.8 Å². The Morgan fingerprint density at radius 3 is 2.85 bits per heavy atom. The molecular formula is C14H19NO4S. The summed E-state index contributed by atoms with van der Waals surface area (Å²) in [6, 6.07) is 3.15. The Bertz CT molecular complexity index is 574. The Kier molecular flexibility index (Phi) is 4.65. The number of hydrogen-bond donors (Lipinski definition) is 0. The molecule has 2 heterocycles. The minimum atomic E-state index is -3.18. The average molecular weight is 297 g/mol. The molecule has 0 saturated carbocycles. The fraction of sp³-hybridized carbons (Fsp3) is 0.500. The van der Waals surface area contributed by atoms with Crippen LogP contribution in [0.1, 0.15) is 31.9 Å². The van der Waals surface area contributed by atoms with Crippen LogP contribution in [0.5, 0.6) is 0 Å². The van der Waals surface area contributed by atoms with E-state index in [0.29, 0.717) is 18.7 Å². The molecule has 20 heavy (non-hydrogen) atoms. The molecule has 0 aliphatic carbocycles. The van der Waals surface area contributed by atoms with Gasteiger partial charge in [-0.25, -0.2) is 8.42 Å². The van der Waals surface area contributed by atoms with Gasteiger partial charge in [0.25, 0.3) is 0 Å². The van der Waals surface area contributed by atoms with Crippen molar-refractivity contribution in [1.82, 2.24) is 4.90 Å². The minimum absolute atomic E-state index is 0.0324. The second-order valence-corrected chi connectivity index (χ2v) is 6.86. The molecule has 110 valence electrons. The smallest absolute Gasteiger partial charge is 0.223 e. The Labute approximate surface area is 119 Å². The van der Waals surface area contributed by atoms with Crippen LogP contribution in [0.2, 0.25) is 0 Å². The van der Waals surface area contributed by atoms with Crippen molar-refractivity contribution in [3.8, 4) is 0 Å². The van der Waals surface area contributed by atoms with E-state index in [9.17, 15) is 13.2 Å². The largest absolute Gasteiger partial charge is 0.467 e. The van der Waals surface area contributed by atoms with Gasteiger partial charge in [0.1, 0.15) is 5.76 Å². The maximum absolute atomic E-state index is 12.3. The molecule has 1 amide bonds. The predicted octanol–water partition coefficient (Wildman–Crippen LogP) is 2.11. The number of sulfone groups is 1. The fourth-order valence-corrected chi connectivity index (χ4v) is 3.48. The summed E-state index contributed by atoms with van der Waals surface area (Å²) in [7, 11) is -3.18. The molecule has 0 saturated heterocycles. The van der Waals surface area contributed by atoms with E-state index in [1.807, 2.05) is 6.92 Å². The summed E-state index contributed by atoms with van der Waals surface area (Å²) in [5, 5.41) is 1.19. The zero-order valence-corrected chi connectivity index (χ0v) is 12.3. The second-order valence-electron chi connectivity index (χ2n) is 4.93. The van der Waals surface area contributed by atoms with Gasteiger partial charge in [-0.2, -0.15) is 0 Å². The molecule has 1 unspecified atom stereocenters. The molecule has 0 spiro atoms. The van der Waals surface area contributed by atoms with Gasteiger partial charge in [0.15, 0.2) is 9.84 Å². The Hall–Kier alpha value is -1.56. The van der Waals surface area contributed by atoms with Crippen molar-refractivity contribution in [3.05, 3.63) is 35.6 Å². The van der Waals surface area contributed by atoms with E-state index in [4.69, 9.17) is 4.42 Å². The van der Waals surface area contributed by atoms with E-state index in [1.165, 1.54) is 5.41 Å². The van der Waals surface area contributed by atoms with Crippen LogP contribution in [0.25, 0.3) is 0 Å². The van der Waals surface area contributed by atoms with Crippen LogP contribution in [0, 0.1) is 0 Å². The maximum Gasteiger partial charge on any atom is 0.223 e. The molecule has 0 N–H and O–H groups in total.